The quantitative estimate of drug-likeness (QED) is 0.662. The molecule has 0 atom stereocenters. The lowest BCUT2D eigenvalue weighted by Crippen LogP contribution is -1.92. The van der Waals surface area contributed by atoms with E-state index in [1.807, 2.05) is 12.1 Å². The zero-order chi connectivity index (χ0) is 8.72. The Labute approximate surface area is 77.5 Å². The third-order valence-corrected chi connectivity index (χ3v) is 2.73. The molecular formula is C10H12ClN. The summed E-state index contributed by atoms with van der Waals surface area (Å²) in [6, 6.07) is 3.99. The first-order valence-electron chi connectivity index (χ1n) is 4.24. The fraction of sp³-hybridized carbons (Fsp3) is 0.400. The van der Waals surface area contributed by atoms with Gasteiger partial charge in [0, 0.05) is 0 Å². The summed E-state index contributed by atoms with van der Waals surface area (Å²) >= 11 is 5.93. The number of rotatable bonds is 1. The maximum atomic E-state index is 5.93. The summed E-state index contributed by atoms with van der Waals surface area (Å²) in [6.45, 7) is 2.10. The van der Waals surface area contributed by atoms with Gasteiger partial charge in [0.05, 0.1) is 10.7 Å². The van der Waals surface area contributed by atoms with Gasteiger partial charge in [-0.1, -0.05) is 11.6 Å². The van der Waals surface area contributed by atoms with E-state index in [1.165, 1.54) is 24.0 Å². The molecule has 0 heterocycles. The molecule has 0 bridgehead atoms. The molecule has 2 N–H and O–H groups in total. The first-order valence-corrected chi connectivity index (χ1v) is 4.62. The Hall–Kier alpha value is -0.690. The Balaban J connectivity index is 2.47. The van der Waals surface area contributed by atoms with Crippen LogP contribution in [-0.2, 0) is 0 Å². The van der Waals surface area contributed by atoms with E-state index in [1.54, 1.807) is 0 Å². The van der Waals surface area contributed by atoms with Gasteiger partial charge in [-0.05, 0) is 48.9 Å². The third-order valence-electron chi connectivity index (χ3n) is 2.40. The summed E-state index contributed by atoms with van der Waals surface area (Å²) in [5, 5.41) is 0.697. The molecule has 0 unspecified atom stereocenters. The normalized spacial score (nSPS) is 16.5. The Bertz CT molecular complexity index is 316. The standard InChI is InChI=1S/C10H12ClN/c1-6-4-10(12)9(11)5-8(6)7-2-3-7/h4-5,7H,2-3,12H2,1H3. The van der Waals surface area contributed by atoms with Gasteiger partial charge < -0.3 is 5.73 Å². The van der Waals surface area contributed by atoms with E-state index in [-0.39, 0.29) is 0 Å². The fourth-order valence-electron chi connectivity index (χ4n) is 1.55. The maximum absolute atomic E-state index is 5.93. The van der Waals surface area contributed by atoms with Crippen molar-refractivity contribution in [3.8, 4) is 0 Å². The molecule has 0 aromatic heterocycles. The van der Waals surface area contributed by atoms with Gasteiger partial charge in [-0.2, -0.15) is 0 Å². The van der Waals surface area contributed by atoms with Crippen molar-refractivity contribution < 1.29 is 0 Å². The average Bonchev–Trinajstić information content (AvgIpc) is 2.79. The molecule has 1 aliphatic rings. The highest BCUT2D eigenvalue weighted by atomic mass is 35.5. The molecule has 1 saturated carbocycles. The maximum Gasteiger partial charge on any atom is 0.0638 e. The minimum Gasteiger partial charge on any atom is -0.398 e. The summed E-state index contributed by atoms with van der Waals surface area (Å²) in [5.41, 5.74) is 9.03. The highest BCUT2D eigenvalue weighted by molar-refractivity contribution is 6.33. The van der Waals surface area contributed by atoms with E-state index in [2.05, 4.69) is 6.92 Å². The highest BCUT2D eigenvalue weighted by Gasteiger charge is 2.25. The van der Waals surface area contributed by atoms with Gasteiger partial charge in [0.15, 0.2) is 0 Å². The van der Waals surface area contributed by atoms with E-state index in [4.69, 9.17) is 17.3 Å². The van der Waals surface area contributed by atoms with Crippen LogP contribution in [0.1, 0.15) is 29.9 Å². The fourth-order valence-corrected chi connectivity index (χ4v) is 1.73. The van der Waals surface area contributed by atoms with E-state index in [0.29, 0.717) is 10.7 Å². The molecule has 1 aromatic rings. The van der Waals surface area contributed by atoms with Crippen LogP contribution in [0, 0.1) is 6.92 Å². The van der Waals surface area contributed by atoms with E-state index in [9.17, 15) is 0 Å². The molecule has 1 aromatic carbocycles. The molecule has 1 fully saturated rings. The summed E-state index contributed by atoms with van der Waals surface area (Å²) < 4.78 is 0. The van der Waals surface area contributed by atoms with Crippen LogP contribution in [-0.4, -0.2) is 0 Å². The van der Waals surface area contributed by atoms with Crippen molar-refractivity contribution in [2.24, 2.45) is 0 Å². The van der Waals surface area contributed by atoms with Crippen LogP contribution in [0.3, 0.4) is 0 Å². The summed E-state index contributed by atoms with van der Waals surface area (Å²) in [6.07, 6.45) is 2.61. The van der Waals surface area contributed by atoms with Crippen molar-refractivity contribution in [1.29, 1.82) is 0 Å². The number of hydrogen-bond donors (Lipinski definition) is 1. The van der Waals surface area contributed by atoms with Crippen LogP contribution >= 0.6 is 11.6 Å². The first kappa shape index (κ1) is 7.93. The SMILES string of the molecule is Cc1cc(N)c(Cl)cc1C1CC1. The predicted octanol–water partition coefficient (Wildman–Crippen LogP) is 3.11. The number of halogens is 1. The molecule has 0 aliphatic heterocycles. The lowest BCUT2D eigenvalue weighted by atomic mass is 10.0. The summed E-state index contributed by atoms with van der Waals surface area (Å²) in [4.78, 5) is 0. The van der Waals surface area contributed by atoms with E-state index in [0.717, 1.165) is 5.92 Å². The van der Waals surface area contributed by atoms with E-state index >= 15 is 0 Å². The topological polar surface area (TPSA) is 26.0 Å². The van der Waals surface area contributed by atoms with Crippen LogP contribution < -0.4 is 5.73 Å². The number of aryl methyl sites for hydroxylation is 1. The average molecular weight is 182 g/mol. The van der Waals surface area contributed by atoms with E-state index < -0.39 is 0 Å². The Morgan fingerprint density at radius 1 is 1.42 bits per heavy atom. The highest BCUT2D eigenvalue weighted by Crippen LogP contribution is 2.43. The third kappa shape index (κ3) is 1.29. The molecule has 12 heavy (non-hydrogen) atoms. The van der Waals surface area contributed by atoms with Crippen molar-refractivity contribution >= 4 is 17.3 Å². The first-order chi connectivity index (χ1) is 5.68. The number of nitrogens with two attached hydrogens (primary N) is 1. The van der Waals surface area contributed by atoms with Crippen LogP contribution in [0.2, 0.25) is 5.02 Å². The second-order valence-corrected chi connectivity index (χ2v) is 3.91. The predicted molar refractivity (Wildman–Crippen MR) is 52.6 cm³/mol. The Kier molecular flexibility index (Phi) is 1.76. The monoisotopic (exact) mass is 181 g/mol. The minimum atomic E-state index is 0.693. The van der Waals surface area contributed by atoms with Gasteiger partial charge in [-0.3, -0.25) is 0 Å². The van der Waals surface area contributed by atoms with Gasteiger partial charge >= 0.3 is 0 Å². The van der Waals surface area contributed by atoms with Gasteiger partial charge in [0.25, 0.3) is 0 Å². The molecule has 2 rings (SSSR count). The molecule has 2 heteroatoms. The second-order valence-electron chi connectivity index (χ2n) is 3.50. The van der Waals surface area contributed by atoms with Crippen molar-refractivity contribution in [1.82, 2.24) is 0 Å². The van der Waals surface area contributed by atoms with Crippen LogP contribution in [0.15, 0.2) is 12.1 Å². The van der Waals surface area contributed by atoms with Gasteiger partial charge in [-0.15, -0.1) is 0 Å². The number of anilines is 1. The zero-order valence-electron chi connectivity index (χ0n) is 7.10. The largest absolute Gasteiger partial charge is 0.398 e. The van der Waals surface area contributed by atoms with Crippen molar-refractivity contribution in [2.45, 2.75) is 25.7 Å². The summed E-state index contributed by atoms with van der Waals surface area (Å²) in [7, 11) is 0. The Morgan fingerprint density at radius 2 is 2.08 bits per heavy atom. The lowest BCUT2D eigenvalue weighted by molar-refractivity contribution is 1.10. The zero-order valence-corrected chi connectivity index (χ0v) is 7.86. The molecule has 0 spiro atoms. The van der Waals surface area contributed by atoms with Gasteiger partial charge in [0.2, 0.25) is 0 Å². The van der Waals surface area contributed by atoms with Crippen LogP contribution in [0.4, 0.5) is 5.69 Å². The van der Waals surface area contributed by atoms with Crippen LogP contribution in [0.5, 0.6) is 0 Å². The number of hydrogen-bond acceptors (Lipinski definition) is 1. The van der Waals surface area contributed by atoms with Crippen molar-refractivity contribution in [3.05, 3.63) is 28.3 Å². The number of nitrogen functional groups attached to an aromatic ring is 1. The number of benzene rings is 1. The van der Waals surface area contributed by atoms with Crippen molar-refractivity contribution in [3.63, 3.8) is 0 Å². The smallest absolute Gasteiger partial charge is 0.0638 e. The Morgan fingerprint density at radius 3 is 2.67 bits per heavy atom. The molecule has 0 saturated heterocycles. The molecular weight excluding hydrogens is 170 g/mol. The second kappa shape index (κ2) is 2.67. The van der Waals surface area contributed by atoms with Crippen LogP contribution in [0.25, 0.3) is 0 Å². The molecule has 1 nitrogen and oxygen atoms in total. The molecule has 1 aliphatic carbocycles. The molecule has 0 amide bonds. The van der Waals surface area contributed by atoms with Gasteiger partial charge in [0.1, 0.15) is 0 Å². The van der Waals surface area contributed by atoms with Crippen molar-refractivity contribution in [2.75, 3.05) is 5.73 Å². The molecule has 64 valence electrons. The molecule has 0 radical (unpaired) electrons. The summed E-state index contributed by atoms with van der Waals surface area (Å²) in [5.74, 6) is 0.753. The van der Waals surface area contributed by atoms with Gasteiger partial charge in [-0.25, -0.2) is 0 Å². The lowest BCUT2D eigenvalue weighted by Gasteiger charge is -2.06. The minimum absolute atomic E-state index is 0.693.